The quantitative estimate of drug-likeness (QED) is 0.660. The molecule has 1 heterocycles. The van der Waals surface area contributed by atoms with Crippen LogP contribution < -0.4 is 10.1 Å². The lowest BCUT2D eigenvalue weighted by atomic mass is 10.2. The van der Waals surface area contributed by atoms with Crippen LogP contribution >= 0.6 is 0 Å². The Morgan fingerprint density at radius 2 is 1.81 bits per heavy atom. The van der Waals surface area contributed by atoms with E-state index >= 15 is 0 Å². The van der Waals surface area contributed by atoms with Crippen molar-refractivity contribution in [2.75, 3.05) is 7.11 Å². The van der Waals surface area contributed by atoms with Crippen molar-refractivity contribution < 1.29 is 22.5 Å². The van der Waals surface area contributed by atoms with Gasteiger partial charge in [0.2, 0.25) is 0 Å². The van der Waals surface area contributed by atoms with Gasteiger partial charge in [-0.1, -0.05) is 35.5 Å². The summed E-state index contributed by atoms with van der Waals surface area (Å²) in [6.45, 7) is 0.253. The Hall–Kier alpha value is -3.20. The van der Waals surface area contributed by atoms with Crippen LogP contribution in [0, 0.1) is 0 Å². The van der Waals surface area contributed by atoms with Gasteiger partial charge in [-0.05, 0) is 29.8 Å². The van der Waals surface area contributed by atoms with Crippen molar-refractivity contribution in [3.05, 3.63) is 71.9 Å². The molecule has 0 spiro atoms. The first-order valence-corrected chi connectivity index (χ1v) is 9.65. The Balaban J connectivity index is 1.62. The standard InChI is InChI=1S/C18H17N3O5S/c1-25-14-9-7-13(8-10-14)11-19-17(22)18-20-16(21-26-18)12-27(23,24)15-5-3-2-4-6-15/h2-10H,11-12H2,1H3,(H,19,22). The molecule has 27 heavy (non-hydrogen) atoms. The predicted molar refractivity (Wildman–Crippen MR) is 95.8 cm³/mol. The van der Waals surface area contributed by atoms with E-state index in [9.17, 15) is 13.2 Å². The van der Waals surface area contributed by atoms with Crippen LogP contribution in [0.4, 0.5) is 0 Å². The summed E-state index contributed by atoms with van der Waals surface area (Å²) in [5, 5.41) is 6.22. The third-order valence-corrected chi connectivity index (χ3v) is 5.32. The molecule has 3 aromatic rings. The van der Waals surface area contributed by atoms with Crippen LogP contribution in [0.3, 0.4) is 0 Å². The van der Waals surface area contributed by atoms with E-state index in [-0.39, 0.29) is 23.2 Å². The molecule has 0 fully saturated rings. The number of methoxy groups -OCH3 is 1. The maximum atomic E-state index is 12.3. The largest absolute Gasteiger partial charge is 0.497 e. The number of rotatable bonds is 7. The van der Waals surface area contributed by atoms with Gasteiger partial charge in [-0.25, -0.2) is 8.42 Å². The second kappa shape index (κ2) is 8.00. The number of nitrogens with one attached hydrogen (secondary N) is 1. The zero-order valence-electron chi connectivity index (χ0n) is 14.5. The van der Waals surface area contributed by atoms with Gasteiger partial charge < -0.3 is 14.6 Å². The number of aromatic nitrogens is 2. The molecule has 2 aromatic carbocycles. The lowest BCUT2D eigenvalue weighted by Crippen LogP contribution is -2.23. The van der Waals surface area contributed by atoms with Crippen molar-refractivity contribution in [2.24, 2.45) is 0 Å². The third kappa shape index (κ3) is 4.70. The average Bonchev–Trinajstić information content (AvgIpc) is 3.15. The summed E-state index contributed by atoms with van der Waals surface area (Å²) in [5.74, 6) is -0.685. The van der Waals surface area contributed by atoms with Crippen LogP contribution in [0.2, 0.25) is 0 Å². The van der Waals surface area contributed by atoms with Gasteiger partial charge in [-0.15, -0.1) is 0 Å². The maximum Gasteiger partial charge on any atom is 0.315 e. The lowest BCUT2D eigenvalue weighted by molar-refractivity contribution is 0.0907. The molecular weight excluding hydrogens is 370 g/mol. The van der Waals surface area contributed by atoms with E-state index in [1.54, 1.807) is 37.4 Å². The molecule has 0 aliphatic rings. The van der Waals surface area contributed by atoms with Crippen LogP contribution in [0.1, 0.15) is 22.1 Å². The van der Waals surface area contributed by atoms with Crippen LogP contribution in [0.15, 0.2) is 64.0 Å². The topological polar surface area (TPSA) is 111 Å². The van der Waals surface area contributed by atoms with Gasteiger partial charge in [0.1, 0.15) is 11.5 Å². The number of hydrogen-bond acceptors (Lipinski definition) is 7. The van der Waals surface area contributed by atoms with Crippen molar-refractivity contribution >= 4 is 15.7 Å². The SMILES string of the molecule is COc1ccc(CNC(=O)c2nc(CS(=O)(=O)c3ccccc3)no2)cc1. The smallest absolute Gasteiger partial charge is 0.315 e. The van der Waals surface area contributed by atoms with Gasteiger partial charge >= 0.3 is 11.8 Å². The fourth-order valence-electron chi connectivity index (χ4n) is 2.29. The zero-order chi connectivity index (χ0) is 19.3. The molecule has 0 radical (unpaired) electrons. The first-order chi connectivity index (χ1) is 13.0. The number of amides is 1. The molecule has 8 nitrogen and oxygen atoms in total. The highest BCUT2D eigenvalue weighted by Gasteiger charge is 2.21. The van der Waals surface area contributed by atoms with Gasteiger partial charge in [0, 0.05) is 6.54 Å². The van der Waals surface area contributed by atoms with Gasteiger partial charge in [0.25, 0.3) is 0 Å². The first-order valence-electron chi connectivity index (χ1n) is 7.99. The predicted octanol–water partition coefficient (Wildman–Crippen LogP) is 1.98. The minimum absolute atomic E-state index is 0.0755. The second-order valence-corrected chi connectivity index (χ2v) is 7.61. The van der Waals surface area contributed by atoms with Crippen LogP contribution in [0.5, 0.6) is 5.75 Å². The minimum atomic E-state index is -3.62. The number of ether oxygens (including phenoxy) is 1. The van der Waals surface area contributed by atoms with E-state index in [1.807, 2.05) is 12.1 Å². The van der Waals surface area contributed by atoms with Gasteiger partial charge in [-0.3, -0.25) is 4.79 Å². The summed E-state index contributed by atoms with van der Waals surface area (Å²) >= 11 is 0. The molecule has 1 aromatic heterocycles. The molecule has 140 valence electrons. The molecule has 3 rings (SSSR count). The molecule has 0 aliphatic carbocycles. The highest BCUT2D eigenvalue weighted by molar-refractivity contribution is 7.90. The van der Waals surface area contributed by atoms with Crippen molar-refractivity contribution in [3.63, 3.8) is 0 Å². The monoisotopic (exact) mass is 387 g/mol. The van der Waals surface area contributed by atoms with E-state index in [0.717, 1.165) is 5.56 Å². The molecule has 0 unspecified atom stereocenters. The lowest BCUT2D eigenvalue weighted by Gasteiger charge is -2.04. The first kappa shape index (κ1) is 18.6. The van der Waals surface area contributed by atoms with Crippen molar-refractivity contribution in [2.45, 2.75) is 17.2 Å². The highest BCUT2D eigenvalue weighted by Crippen LogP contribution is 2.15. The third-order valence-electron chi connectivity index (χ3n) is 3.70. The molecule has 9 heteroatoms. The van der Waals surface area contributed by atoms with Crippen LogP contribution in [-0.2, 0) is 22.1 Å². The fourth-order valence-corrected chi connectivity index (χ4v) is 3.48. The van der Waals surface area contributed by atoms with E-state index in [4.69, 9.17) is 9.26 Å². The number of benzene rings is 2. The van der Waals surface area contributed by atoms with Gasteiger partial charge in [-0.2, -0.15) is 4.98 Å². The number of nitrogens with zero attached hydrogens (tertiary/aromatic N) is 2. The Morgan fingerprint density at radius 3 is 2.48 bits per heavy atom. The average molecular weight is 387 g/mol. The molecule has 1 amide bonds. The Kier molecular flexibility index (Phi) is 5.51. The van der Waals surface area contributed by atoms with E-state index < -0.39 is 21.5 Å². The van der Waals surface area contributed by atoms with Crippen molar-refractivity contribution in [1.29, 1.82) is 0 Å². The Morgan fingerprint density at radius 1 is 1.11 bits per heavy atom. The van der Waals surface area contributed by atoms with E-state index in [0.29, 0.717) is 5.75 Å². The van der Waals surface area contributed by atoms with Crippen molar-refractivity contribution in [1.82, 2.24) is 15.5 Å². The summed E-state index contributed by atoms with van der Waals surface area (Å²) in [6.07, 6.45) is 0. The zero-order valence-corrected chi connectivity index (χ0v) is 15.3. The minimum Gasteiger partial charge on any atom is -0.497 e. The number of sulfone groups is 1. The summed E-state index contributed by atoms with van der Waals surface area (Å²) in [6, 6.07) is 15.1. The molecule has 0 saturated heterocycles. The molecule has 0 atom stereocenters. The second-order valence-electron chi connectivity index (χ2n) is 5.62. The molecular formula is C18H17N3O5S. The number of carbonyl (C=O) groups is 1. The normalized spacial score (nSPS) is 11.1. The van der Waals surface area contributed by atoms with E-state index in [2.05, 4.69) is 15.5 Å². The molecule has 1 N–H and O–H groups in total. The van der Waals surface area contributed by atoms with Crippen LogP contribution in [0.25, 0.3) is 0 Å². The molecule has 0 aliphatic heterocycles. The molecule has 0 saturated carbocycles. The number of carbonyl (C=O) groups excluding carboxylic acids is 1. The Labute approximate surface area is 156 Å². The molecule has 0 bridgehead atoms. The van der Waals surface area contributed by atoms with Crippen molar-refractivity contribution in [3.8, 4) is 5.75 Å². The Bertz CT molecular complexity index is 1010. The number of hydrogen-bond donors (Lipinski definition) is 1. The fraction of sp³-hybridized carbons (Fsp3) is 0.167. The van der Waals surface area contributed by atoms with Gasteiger partial charge in [0.15, 0.2) is 15.7 Å². The summed E-state index contributed by atoms with van der Waals surface area (Å²) in [4.78, 5) is 16.1. The summed E-state index contributed by atoms with van der Waals surface area (Å²) in [7, 11) is -2.04. The van der Waals surface area contributed by atoms with Gasteiger partial charge in [0.05, 0.1) is 12.0 Å². The van der Waals surface area contributed by atoms with Crippen LogP contribution in [-0.4, -0.2) is 31.6 Å². The highest BCUT2D eigenvalue weighted by atomic mass is 32.2. The maximum absolute atomic E-state index is 12.3. The summed E-state index contributed by atoms with van der Waals surface area (Å²) in [5.41, 5.74) is 0.857. The van der Waals surface area contributed by atoms with E-state index in [1.165, 1.54) is 12.1 Å². The summed E-state index contributed by atoms with van der Waals surface area (Å²) < 4.78 is 34.6.